The molecule has 1 aromatic carbocycles. The molecule has 3 nitrogen and oxygen atoms in total. The third-order valence-electron chi connectivity index (χ3n) is 3.57. The molecule has 1 atom stereocenters. The van der Waals surface area contributed by atoms with Crippen LogP contribution in [0, 0.1) is 0 Å². The maximum absolute atomic E-state index is 6.54. The van der Waals surface area contributed by atoms with Gasteiger partial charge in [-0.3, -0.25) is 0 Å². The van der Waals surface area contributed by atoms with Gasteiger partial charge in [-0.1, -0.05) is 18.5 Å². The van der Waals surface area contributed by atoms with Gasteiger partial charge in [0.1, 0.15) is 0 Å². The molecule has 1 fully saturated rings. The second kappa shape index (κ2) is 5.81. The molecule has 0 saturated carbocycles. The van der Waals surface area contributed by atoms with Gasteiger partial charge in [0.05, 0.1) is 19.2 Å². The number of hydrogen-bond acceptors (Lipinski definition) is 3. The number of methoxy groups -OCH3 is 2. The van der Waals surface area contributed by atoms with Gasteiger partial charge in [0.2, 0.25) is 0 Å². The zero-order chi connectivity index (χ0) is 13.1. The van der Waals surface area contributed by atoms with Crippen molar-refractivity contribution in [1.82, 2.24) is 5.32 Å². The number of halogens is 1. The predicted molar refractivity (Wildman–Crippen MR) is 74.2 cm³/mol. The van der Waals surface area contributed by atoms with Crippen LogP contribution < -0.4 is 14.8 Å². The SMILES string of the molecule is CCc1cc(OC)c(OC)c(C2CCNC2)c1Cl. The minimum atomic E-state index is 0.410. The summed E-state index contributed by atoms with van der Waals surface area (Å²) in [4.78, 5) is 0. The highest BCUT2D eigenvalue weighted by Crippen LogP contribution is 2.44. The van der Waals surface area contributed by atoms with E-state index in [1.807, 2.05) is 6.07 Å². The number of benzene rings is 1. The Balaban J connectivity index is 2.57. The normalized spacial score (nSPS) is 19.0. The number of ether oxygens (including phenoxy) is 2. The van der Waals surface area contributed by atoms with Crippen molar-refractivity contribution < 1.29 is 9.47 Å². The summed E-state index contributed by atoms with van der Waals surface area (Å²) in [6.45, 7) is 4.08. The van der Waals surface area contributed by atoms with Crippen LogP contribution in [0.15, 0.2) is 6.07 Å². The molecule has 0 radical (unpaired) electrons. The molecule has 1 N–H and O–H groups in total. The molecule has 4 heteroatoms. The van der Waals surface area contributed by atoms with Crippen molar-refractivity contribution >= 4 is 11.6 Å². The molecular weight excluding hydrogens is 250 g/mol. The van der Waals surface area contributed by atoms with E-state index in [2.05, 4.69) is 12.2 Å². The van der Waals surface area contributed by atoms with Crippen molar-refractivity contribution in [2.75, 3.05) is 27.3 Å². The Hall–Kier alpha value is -0.930. The molecule has 2 rings (SSSR count). The standard InChI is InChI=1S/C14H20ClNO2/c1-4-9-7-11(17-2)14(18-3)12(13(9)15)10-5-6-16-8-10/h7,10,16H,4-6,8H2,1-3H3. The number of rotatable bonds is 4. The van der Waals surface area contributed by atoms with E-state index >= 15 is 0 Å². The summed E-state index contributed by atoms with van der Waals surface area (Å²) >= 11 is 6.54. The van der Waals surface area contributed by atoms with E-state index in [1.54, 1.807) is 14.2 Å². The van der Waals surface area contributed by atoms with E-state index in [-0.39, 0.29) is 0 Å². The van der Waals surface area contributed by atoms with E-state index in [4.69, 9.17) is 21.1 Å². The van der Waals surface area contributed by atoms with Gasteiger partial charge >= 0.3 is 0 Å². The Morgan fingerprint density at radius 1 is 1.39 bits per heavy atom. The van der Waals surface area contributed by atoms with Crippen LogP contribution in [0.5, 0.6) is 11.5 Å². The summed E-state index contributed by atoms with van der Waals surface area (Å²) in [5.41, 5.74) is 2.22. The molecule has 1 aromatic rings. The third kappa shape index (κ3) is 2.29. The quantitative estimate of drug-likeness (QED) is 0.912. The summed E-state index contributed by atoms with van der Waals surface area (Å²) in [6, 6.07) is 1.98. The topological polar surface area (TPSA) is 30.5 Å². The van der Waals surface area contributed by atoms with Crippen LogP contribution in [-0.4, -0.2) is 27.3 Å². The van der Waals surface area contributed by atoms with Gasteiger partial charge in [-0.05, 0) is 31.0 Å². The van der Waals surface area contributed by atoms with Crippen molar-refractivity contribution in [3.8, 4) is 11.5 Å². The molecule has 0 spiro atoms. The molecule has 0 aromatic heterocycles. The zero-order valence-corrected chi connectivity index (χ0v) is 11.9. The fraction of sp³-hybridized carbons (Fsp3) is 0.571. The van der Waals surface area contributed by atoms with Gasteiger partial charge in [0, 0.05) is 18.0 Å². The van der Waals surface area contributed by atoms with Gasteiger partial charge in [0.15, 0.2) is 11.5 Å². The van der Waals surface area contributed by atoms with Gasteiger partial charge in [-0.15, -0.1) is 0 Å². The summed E-state index contributed by atoms with van der Waals surface area (Å²) in [5, 5.41) is 4.21. The minimum absolute atomic E-state index is 0.410. The first-order valence-corrected chi connectivity index (χ1v) is 6.74. The third-order valence-corrected chi connectivity index (χ3v) is 4.01. The average molecular weight is 270 g/mol. The van der Waals surface area contributed by atoms with Crippen molar-refractivity contribution in [3.63, 3.8) is 0 Å². The first-order chi connectivity index (χ1) is 8.72. The number of aryl methyl sites for hydroxylation is 1. The fourth-order valence-corrected chi connectivity index (χ4v) is 3.01. The Kier molecular flexibility index (Phi) is 4.36. The number of hydrogen-bond donors (Lipinski definition) is 1. The molecule has 0 amide bonds. The summed E-state index contributed by atoms with van der Waals surface area (Å²) in [6.07, 6.45) is 1.98. The first kappa shape index (κ1) is 13.5. The maximum atomic E-state index is 6.54. The van der Waals surface area contributed by atoms with Crippen molar-refractivity contribution in [3.05, 3.63) is 22.2 Å². The van der Waals surface area contributed by atoms with Crippen molar-refractivity contribution in [2.45, 2.75) is 25.7 Å². The summed E-state index contributed by atoms with van der Waals surface area (Å²) in [5.74, 6) is 1.97. The lowest BCUT2D eigenvalue weighted by Crippen LogP contribution is -2.10. The lowest BCUT2D eigenvalue weighted by atomic mass is 9.94. The van der Waals surface area contributed by atoms with Gasteiger partial charge in [-0.25, -0.2) is 0 Å². The highest BCUT2D eigenvalue weighted by Gasteiger charge is 2.27. The second-order valence-corrected chi connectivity index (χ2v) is 4.92. The Morgan fingerprint density at radius 3 is 2.67 bits per heavy atom. The first-order valence-electron chi connectivity index (χ1n) is 6.36. The van der Waals surface area contributed by atoms with Gasteiger partial charge in [-0.2, -0.15) is 0 Å². The molecule has 1 unspecified atom stereocenters. The molecule has 1 saturated heterocycles. The molecule has 0 bridgehead atoms. The highest BCUT2D eigenvalue weighted by atomic mass is 35.5. The zero-order valence-electron chi connectivity index (χ0n) is 11.2. The average Bonchev–Trinajstić information content (AvgIpc) is 2.91. The molecule has 0 aliphatic carbocycles. The molecule has 18 heavy (non-hydrogen) atoms. The minimum Gasteiger partial charge on any atom is -0.493 e. The molecular formula is C14H20ClNO2. The molecule has 1 aliphatic rings. The van der Waals surface area contributed by atoms with Crippen LogP contribution in [0.3, 0.4) is 0 Å². The summed E-state index contributed by atoms with van der Waals surface area (Å²) in [7, 11) is 3.34. The van der Waals surface area contributed by atoms with E-state index in [9.17, 15) is 0 Å². The van der Waals surface area contributed by atoms with E-state index in [0.29, 0.717) is 5.92 Å². The summed E-state index contributed by atoms with van der Waals surface area (Å²) < 4.78 is 11.0. The smallest absolute Gasteiger partial charge is 0.165 e. The molecule has 100 valence electrons. The highest BCUT2D eigenvalue weighted by molar-refractivity contribution is 6.32. The van der Waals surface area contributed by atoms with Crippen molar-refractivity contribution in [2.24, 2.45) is 0 Å². The molecule has 1 heterocycles. The second-order valence-electron chi connectivity index (χ2n) is 4.54. The number of nitrogens with one attached hydrogen (secondary N) is 1. The van der Waals surface area contributed by atoms with Crippen LogP contribution in [0.1, 0.15) is 30.4 Å². The fourth-order valence-electron chi connectivity index (χ4n) is 2.58. The van der Waals surface area contributed by atoms with Gasteiger partial charge in [0.25, 0.3) is 0 Å². The Bertz CT molecular complexity index is 428. The van der Waals surface area contributed by atoms with Crippen LogP contribution in [0.4, 0.5) is 0 Å². The van der Waals surface area contributed by atoms with Crippen LogP contribution >= 0.6 is 11.6 Å². The Morgan fingerprint density at radius 2 is 2.17 bits per heavy atom. The molecule has 1 aliphatic heterocycles. The van der Waals surface area contributed by atoms with Crippen LogP contribution in [-0.2, 0) is 6.42 Å². The lowest BCUT2D eigenvalue weighted by molar-refractivity contribution is 0.349. The lowest BCUT2D eigenvalue weighted by Gasteiger charge is -2.20. The van der Waals surface area contributed by atoms with E-state index in [0.717, 1.165) is 53.6 Å². The van der Waals surface area contributed by atoms with Crippen molar-refractivity contribution in [1.29, 1.82) is 0 Å². The van der Waals surface area contributed by atoms with Crippen LogP contribution in [0.25, 0.3) is 0 Å². The van der Waals surface area contributed by atoms with E-state index in [1.165, 1.54) is 0 Å². The van der Waals surface area contributed by atoms with Crippen LogP contribution in [0.2, 0.25) is 5.02 Å². The Labute approximate surface area is 113 Å². The largest absolute Gasteiger partial charge is 0.493 e. The maximum Gasteiger partial charge on any atom is 0.165 e. The predicted octanol–water partition coefficient (Wildman–Crippen LogP) is 3.00. The van der Waals surface area contributed by atoms with Gasteiger partial charge < -0.3 is 14.8 Å². The van der Waals surface area contributed by atoms with E-state index < -0.39 is 0 Å². The monoisotopic (exact) mass is 269 g/mol.